The topological polar surface area (TPSA) is 55.1 Å². The molecule has 0 aliphatic rings. The average Bonchev–Trinajstić information content (AvgIpc) is 2.28. The van der Waals surface area contributed by atoms with Crippen LogP contribution in [-0.2, 0) is 11.2 Å². The van der Waals surface area contributed by atoms with Crippen LogP contribution in [-0.4, -0.2) is 19.0 Å². The van der Waals surface area contributed by atoms with Gasteiger partial charge in [-0.3, -0.25) is 4.79 Å². The molecule has 3 heteroatoms. The third-order valence-corrected chi connectivity index (χ3v) is 2.68. The average molecular weight is 220 g/mol. The van der Waals surface area contributed by atoms with Crippen LogP contribution < -0.4 is 11.1 Å². The van der Waals surface area contributed by atoms with Crippen molar-refractivity contribution in [1.82, 2.24) is 5.32 Å². The minimum Gasteiger partial charge on any atom is -0.355 e. The largest absolute Gasteiger partial charge is 0.355 e. The van der Waals surface area contributed by atoms with Crippen molar-refractivity contribution in [3.05, 3.63) is 34.9 Å². The zero-order valence-corrected chi connectivity index (χ0v) is 10.0. The Bertz CT molecular complexity index is 361. The predicted molar refractivity (Wildman–Crippen MR) is 66.3 cm³/mol. The first-order valence-electron chi connectivity index (χ1n) is 5.66. The Morgan fingerprint density at radius 2 is 2.06 bits per heavy atom. The van der Waals surface area contributed by atoms with E-state index < -0.39 is 0 Å². The molecule has 0 radical (unpaired) electrons. The molecule has 3 nitrogen and oxygen atoms in total. The van der Waals surface area contributed by atoms with Crippen LogP contribution in [0.15, 0.2) is 18.2 Å². The van der Waals surface area contributed by atoms with Gasteiger partial charge in [0.1, 0.15) is 0 Å². The standard InChI is InChI=1S/C13H20N2O/c1-10-3-4-12(9-11(10)2)5-6-13(16)15-8-7-14/h3-4,9H,5-8,14H2,1-2H3,(H,15,16). The lowest BCUT2D eigenvalue weighted by Gasteiger charge is -2.06. The first-order valence-corrected chi connectivity index (χ1v) is 5.66. The summed E-state index contributed by atoms with van der Waals surface area (Å²) in [6, 6.07) is 6.33. The molecule has 1 rings (SSSR count). The molecule has 0 unspecified atom stereocenters. The fraction of sp³-hybridized carbons (Fsp3) is 0.462. The molecule has 0 fully saturated rings. The normalized spacial score (nSPS) is 10.2. The third kappa shape index (κ3) is 4.03. The number of hydrogen-bond acceptors (Lipinski definition) is 2. The predicted octanol–water partition coefficient (Wildman–Crippen LogP) is 1.31. The molecule has 0 atom stereocenters. The molecule has 88 valence electrons. The number of hydrogen-bond donors (Lipinski definition) is 2. The zero-order valence-electron chi connectivity index (χ0n) is 10.0. The molecule has 0 aliphatic carbocycles. The molecule has 0 saturated carbocycles. The molecule has 0 spiro atoms. The van der Waals surface area contributed by atoms with Crippen LogP contribution in [0, 0.1) is 13.8 Å². The number of aryl methyl sites for hydroxylation is 3. The third-order valence-electron chi connectivity index (χ3n) is 2.68. The van der Waals surface area contributed by atoms with Gasteiger partial charge in [-0.2, -0.15) is 0 Å². The van der Waals surface area contributed by atoms with E-state index in [0.29, 0.717) is 19.5 Å². The van der Waals surface area contributed by atoms with Crippen molar-refractivity contribution < 1.29 is 4.79 Å². The van der Waals surface area contributed by atoms with Crippen LogP contribution >= 0.6 is 0 Å². The maximum atomic E-state index is 11.4. The Balaban J connectivity index is 2.42. The van der Waals surface area contributed by atoms with Crippen molar-refractivity contribution in [2.75, 3.05) is 13.1 Å². The van der Waals surface area contributed by atoms with E-state index in [-0.39, 0.29) is 5.91 Å². The van der Waals surface area contributed by atoms with Crippen molar-refractivity contribution in [3.63, 3.8) is 0 Å². The summed E-state index contributed by atoms with van der Waals surface area (Å²) in [7, 11) is 0. The van der Waals surface area contributed by atoms with Crippen LogP contribution in [0.5, 0.6) is 0 Å². The smallest absolute Gasteiger partial charge is 0.220 e. The SMILES string of the molecule is Cc1ccc(CCC(=O)NCCN)cc1C. The molecule has 16 heavy (non-hydrogen) atoms. The first kappa shape index (κ1) is 12.7. The van der Waals surface area contributed by atoms with E-state index >= 15 is 0 Å². The second kappa shape index (κ2) is 6.28. The Hall–Kier alpha value is -1.35. The number of amides is 1. The van der Waals surface area contributed by atoms with Gasteiger partial charge < -0.3 is 11.1 Å². The Morgan fingerprint density at radius 1 is 1.31 bits per heavy atom. The van der Waals surface area contributed by atoms with Gasteiger partial charge in [-0.25, -0.2) is 0 Å². The van der Waals surface area contributed by atoms with Gasteiger partial charge in [0.15, 0.2) is 0 Å². The molecule has 1 aromatic rings. The van der Waals surface area contributed by atoms with Crippen LogP contribution in [0.2, 0.25) is 0 Å². The second-order valence-corrected chi connectivity index (χ2v) is 4.06. The summed E-state index contributed by atoms with van der Waals surface area (Å²) >= 11 is 0. The first-order chi connectivity index (χ1) is 7.63. The van der Waals surface area contributed by atoms with E-state index in [1.807, 2.05) is 0 Å². The van der Waals surface area contributed by atoms with Gasteiger partial charge in [0.2, 0.25) is 5.91 Å². The maximum absolute atomic E-state index is 11.4. The molecule has 0 aromatic heterocycles. The van der Waals surface area contributed by atoms with E-state index in [1.54, 1.807) is 0 Å². The van der Waals surface area contributed by atoms with Crippen LogP contribution in [0.1, 0.15) is 23.1 Å². The second-order valence-electron chi connectivity index (χ2n) is 4.06. The molecular weight excluding hydrogens is 200 g/mol. The summed E-state index contributed by atoms with van der Waals surface area (Å²) in [5.41, 5.74) is 9.09. The summed E-state index contributed by atoms with van der Waals surface area (Å²) in [5, 5.41) is 2.76. The highest BCUT2D eigenvalue weighted by Crippen LogP contribution is 2.11. The highest BCUT2D eigenvalue weighted by molar-refractivity contribution is 5.76. The summed E-state index contributed by atoms with van der Waals surface area (Å²) < 4.78 is 0. The van der Waals surface area contributed by atoms with E-state index in [2.05, 4.69) is 37.4 Å². The number of nitrogens with one attached hydrogen (secondary N) is 1. The highest BCUT2D eigenvalue weighted by Gasteiger charge is 2.02. The van der Waals surface area contributed by atoms with Gasteiger partial charge in [-0.15, -0.1) is 0 Å². The summed E-state index contributed by atoms with van der Waals surface area (Å²) in [4.78, 5) is 11.4. The molecule has 0 aliphatic heterocycles. The Labute approximate surface area is 97.0 Å². The number of carbonyl (C=O) groups is 1. The zero-order chi connectivity index (χ0) is 12.0. The van der Waals surface area contributed by atoms with E-state index in [1.165, 1.54) is 16.7 Å². The van der Waals surface area contributed by atoms with E-state index in [0.717, 1.165) is 6.42 Å². The molecule has 1 amide bonds. The molecular formula is C13H20N2O. The summed E-state index contributed by atoms with van der Waals surface area (Å²) in [6.45, 7) is 5.24. The van der Waals surface area contributed by atoms with E-state index in [4.69, 9.17) is 5.73 Å². The van der Waals surface area contributed by atoms with Crippen molar-refractivity contribution >= 4 is 5.91 Å². The lowest BCUT2D eigenvalue weighted by atomic mass is 10.0. The molecule has 0 bridgehead atoms. The minimum atomic E-state index is 0.0729. The molecule has 3 N–H and O–H groups in total. The summed E-state index contributed by atoms with van der Waals surface area (Å²) in [6.07, 6.45) is 1.32. The van der Waals surface area contributed by atoms with Gasteiger partial charge in [0.25, 0.3) is 0 Å². The fourth-order valence-corrected chi connectivity index (χ4v) is 1.52. The van der Waals surface area contributed by atoms with Gasteiger partial charge in [0, 0.05) is 19.5 Å². The number of benzene rings is 1. The van der Waals surface area contributed by atoms with Gasteiger partial charge in [-0.1, -0.05) is 18.2 Å². The van der Waals surface area contributed by atoms with Crippen molar-refractivity contribution in [1.29, 1.82) is 0 Å². The number of nitrogens with two attached hydrogens (primary N) is 1. The number of carbonyl (C=O) groups excluding carboxylic acids is 1. The minimum absolute atomic E-state index is 0.0729. The van der Waals surface area contributed by atoms with Gasteiger partial charge in [-0.05, 0) is 37.0 Å². The lowest BCUT2D eigenvalue weighted by Crippen LogP contribution is -2.29. The van der Waals surface area contributed by atoms with Gasteiger partial charge >= 0.3 is 0 Å². The van der Waals surface area contributed by atoms with Crippen molar-refractivity contribution in [3.8, 4) is 0 Å². The quantitative estimate of drug-likeness (QED) is 0.786. The molecule has 0 saturated heterocycles. The molecule has 0 heterocycles. The summed E-state index contributed by atoms with van der Waals surface area (Å²) in [5.74, 6) is 0.0729. The van der Waals surface area contributed by atoms with Crippen LogP contribution in [0.3, 0.4) is 0 Å². The van der Waals surface area contributed by atoms with Crippen molar-refractivity contribution in [2.45, 2.75) is 26.7 Å². The van der Waals surface area contributed by atoms with E-state index in [9.17, 15) is 4.79 Å². The highest BCUT2D eigenvalue weighted by atomic mass is 16.1. The Kier molecular flexibility index (Phi) is 4.99. The van der Waals surface area contributed by atoms with Crippen molar-refractivity contribution in [2.24, 2.45) is 5.73 Å². The Morgan fingerprint density at radius 3 is 2.69 bits per heavy atom. The maximum Gasteiger partial charge on any atom is 0.220 e. The fourth-order valence-electron chi connectivity index (χ4n) is 1.52. The van der Waals surface area contributed by atoms with Crippen LogP contribution in [0.25, 0.3) is 0 Å². The number of rotatable bonds is 5. The monoisotopic (exact) mass is 220 g/mol. The lowest BCUT2D eigenvalue weighted by molar-refractivity contribution is -0.120. The van der Waals surface area contributed by atoms with Gasteiger partial charge in [0.05, 0.1) is 0 Å². The molecule has 1 aromatic carbocycles. The van der Waals surface area contributed by atoms with Crippen LogP contribution in [0.4, 0.5) is 0 Å².